The minimum absolute atomic E-state index is 0.0960. The number of hydrogen-bond donors (Lipinski definition) is 3. The van der Waals surface area contributed by atoms with E-state index in [1.54, 1.807) is 41.3 Å². The van der Waals surface area contributed by atoms with Gasteiger partial charge in [0.1, 0.15) is 6.04 Å². The summed E-state index contributed by atoms with van der Waals surface area (Å²) in [6.07, 6.45) is 1.27. The van der Waals surface area contributed by atoms with Gasteiger partial charge >= 0.3 is 0 Å². The quantitative estimate of drug-likeness (QED) is 0.488. The molecule has 3 N–H and O–H groups in total. The molecule has 0 unspecified atom stereocenters. The van der Waals surface area contributed by atoms with Crippen molar-refractivity contribution in [1.82, 2.24) is 20.0 Å². The van der Waals surface area contributed by atoms with Crippen molar-refractivity contribution in [1.29, 1.82) is 0 Å². The highest BCUT2D eigenvalue weighted by Gasteiger charge is 2.35. The van der Waals surface area contributed by atoms with Gasteiger partial charge in [0, 0.05) is 57.6 Å². The molecule has 0 aliphatic carbocycles. The van der Waals surface area contributed by atoms with Crippen molar-refractivity contribution in [2.75, 3.05) is 56.4 Å². The molecule has 0 spiro atoms. The van der Waals surface area contributed by atoms with Crippen LogP contribution in [0.3, 0.4) is 0 Å². The van der Waals surface area contributed by atoms with E-state index in [1.165, 1.54) is 18.1 Å². The summed E-state index contributed by atoms with van der Waals surface area (Å²) >= 11 is 0. The highest BCUT2D eigenvalue weighted by molar-refractivity contribution is 5.98. The molecule has 2 saturated heterocycles. The second kappa shape index (κ2) is 11.7. The van der Waals surface area contributed by atoms with E-state index in [0.717, 1.165) is 0 Å². The predicted octanol–water partition coefficient (Wildman–Crippen LogP) is 0.352. The number of amides is 5. The van der Waals surface area contributed by atoms with E-state index in [0.29, 0.717) is 50.6 Å². The van der Waals surface area contributed by atoms with E-state index < -0.39 is 11.9 Å². The Morgan fingerprint density at radius 3 is 2.27 bits per heavy atom. The number of nitrogens with zero attached hydrogens (tertiary/aromatic N) is 3. The van der Waals surface area contributed by atoms with Gasteiger partial charge in [-0.1, -0.05) is 0 Å². The second-order valence-electron chi connectivity index (χ2n) is 8.95. The molecular weight excluding hydrogens is 480 g/mol. The molecule has 1 aromatic carbocycles. The van der Waals surface area contributed by atoms with Gasteiger partial charge in [0.05, 0.1) is 19.2 Å². The van der Waals surface area contributed by atoms with Crippen LogP contribution >= 0.6 is 0 Å². The Morgan fingerprint density at radius 1 is 0.973 bits per heavy atom. The van der Waals surface area contributed by atoms with E-state index >= 15 is 0 Å². The van der Waals surface area contributed by atoms with E-state index in [1.807, 2.05) is 4.90 Å². The Kier molecular flexibility index (Phi) is 8.18. The van der Waals surface area contributed by atoms with Gasteiger partial charge in [-0.05, 0) is 36.4 Å². The maximum atomic E-state index is 13.1. The molecule has 2 aliphatic heterocycles. The number of furan rings is 1. The van der Waals surface area contributed by atoms with Crippen LogP contribution in [0.25, 0.3) is 0 Å². The summed E-state index contributed by atoms with van der Waals surface area (Å²) < 4.78 is 5.18. The summed E-state index contributed by atoms with van der Waals surface area (Å²) in [5.74, 6) is -1.11. The monoisotopic (exact) mass is 510 g/mol. The SMILES string of the molecule is CC(=O)Nc1ccc(NC(=O)C[C@H]2C(=O)NCCN2C(=O)CN2CCN(C(=O)c3ccco3)CC2)cc1. The largest absolute Gasteiger partial charge is 0.459 e. The number of carbonyl (C=O) groups is 5. The van der Waals surface area contributed by atoms with Gasteiger partial charge in [-0.25, -0.2) is 0 Å². The van der Waals surface area contributed by atoms with Gasteiger partial charge in [0.2, 0.25) is 23.6 Å². The lowest BCUT2D eigenvalue weighted by Crippen LogP contribution is -2.60. The van der Waals surface area contributed by atoms with Crippen LogP contribution in [0.1, 0.15) is 23.9 Å². The summed E-state index contributed by atoms with van der Waals surface area (Å²) in [6, 6.07) is 8.96. The van der Waals surface area contributed by atoms with Gasteiger partial charge in [-0.3, -0.25) is 28.9 Å². The highest BCUT2D eigenvalue weighted by Crippen LogP contribution is 2.16. The summed E-state index contributed by atoms with van der Waals surface area (Å²) in [7, 11) is 0. The van der Waals surface area contributed by atoms with Crippen LogP contribution in [0.2, 0.25) is 0 Å². The molecule has 2 aliphatic rings. The molecule has 0 bridgehead atoms. The van der Waals surface area contributed by atoms with Crippen molar-refractivity contribution in [2.45, 2.75) is 19.4 Å². The standard InChI is InChI=1S/C25H30N6O6/c1-17(32)27-18-4-6-19(7-5-18)28-22(33)15-20-24(35)26-8-9-31(20)23(34)16-29-10-12-30(13-11-29)25(36)21-3-2-14-37-21/h2-7,14,20H,8-13,15-16H2,1H3,(H,26,35)(H,27,32)(H,28,33)/t20-/m0/s1. The molecular formula is C25H30N6O6. The molecule has 5 amide bonds. The van der Waals surface area contributed by atoms with Crippen molar-refractivity contribution >= 4 is 40.9 Å². The van der Waals surface area contributed by atoms with Crippen molar-refractivity contribution in [2.24, 2.45) is 0 Å². The number of anilines is 2. The fourth-order valence-corrected chi connectivity index (χ4v) is 4.39. The third kappa shape index (κ3) is 6.73. The van der Waals surface area contributed by atoms with Crippen molar-refractivity contribution in [3.05, 3.63) is 48.4 Å². The van der Waals surface area contributed by atoms with Gasteiger partial charge in [-0.15, -0.1) is 0 Å². The molecule has 196 valence electrons. The lowest BCUT2D eigenvalue weighted by molar-refractivity contribution is -0.145. The zero-order chi connectivity index (χ0) is 26.4. The summed E-state index contributed by atoms with van der Waals surface area (Å²) in [4.78, 5) is 67.1. The Labute approximate surface area is 213 Å². The molecule has 2 fully saturated rings. The molecule has 4 rings (SSSR count). The topological polar surface area (TPSA) is 144 Å². The van der Waals surface area contributed by atoms with E-state index in [9.17, 15) is 24.0 Å². The van der Waals surface area contributed by atoms with Crippen LogP contribution in [0.4, 0.5) is 11.4 Å². The molecule has 12 heteroatoms. The average molecular weight is 511 g/mol. The average Bonchev–Trinajstić information content (AvgIpc) is 3.41. The molecule has 3 heterocycles. The first-order chi connectivity index (χ1) is 17.8. The molecule has 37 heavy (non-hydrogen) atoms. The molecule has 1 atom stereocenters. The smallest absolute Gasteiger partial charge is 0.289 e. The maximum Gasteiger partial charge on any atom is 0.289 e. The van der Waals surface area contributed by atoms with Gasteiger partial charge in [0.25, 0.3) is 5.91 Å². The fraction of sp³-hybridized carbons (Fsp3) is 0.400. The lowest BCUT2D eigenvalue weighted by atomic mass is 10.1. The number of nitrogens with one attached hydrogen (secondary N) is 3. The minimum atomic E-state index is -0.915. The van der Waals surface area contributed by atoms with Crippen LogP contribution in [0.5, 0.6) is 0 Å². The van der Waals surface area contributed by atoms with E-state index in [-0.39, 0.29) is 42.4 Å². The van der Waals surface area contributed by atoms with E-state index in [2.05, 4.69) is 16.0 Å². The third-order valence-electron chi connectivity index (χ3n) is 6.27. The molecule has 0 saturated carbocycles. The molecule has 12 nitrogen and oxygen atoms in total. The van der Waals surface area contributed by atoms with Crippen LogP contribution < -0.4 is 16.0 Å². The Bertz CT molecular complexity index is 1140. The van der Waals surface area contributed by atoms with Crippen LogP contribution in [0.15, 0.2) is 47.1 Å². The lowest BCUT2D eigenvalue weighted by Gasteiger charge is -2.38. The first kappa shape index (κ1) is 25.9. The van der Waals surface area contributed by atoms with Crippen molar-refractivity contribution < 1.29 is 28.4 Å². The zero-order valence-corrected chi connectivity index (χ0v) is 20.6. The van der Waals surface area contributed by atoms with Crippen molar-refractivity contribution in [3.63, 3.8) is 0 Å². The van der Waals surface area contributed by atoms with E-state index in [4.69, 9.17) is 4.42 Å². The number of rotatable bonds is 7. The normalized spacial score (nSPS) is 18.2. The van der Waals surface area contributed by atoms with Crippen LogP contribution in [0, 0.1) is 0 Å². The van der Waals surface area contributed by atoms with Gasteiger partial charge in [-0.2, -0.15) is 0 Å². The number of hydrogen-bond acceptors (Lipinski definition) is 7. The Hall–Kier alpha value is -4.19. The highest BCUT2D eigenvalue weighted by atomic mass is 16.3. The molecule has 1 aromatic heterocycles. The zero-order valence-electron chi connectivity index (χ0n) is 20.6. The van der Waals surface area contributed by atoms with Gasteiger partial charge in [0.15, 0.2) is 5.76 Å². The number of benzene rings is 1. The summed E-state index contributed by atoms with van der Waals surface area (Å²) in [5, 5.41) is 8.11. The first-order valence-corrected chi connectivity index (χ1v) is 12.1. The van der Waals surface area contributed by atoms with Crippen LogP contribution in [-0.4, -0.2) is 96.1 Å². The third-order valence-corrected chi connectivity index (χ3v) is 6.27. The van der Waals surface area contributed by atoms with Gasteiger partial charge < -0.3 is 30.2 Å². The Morgan fingerprint density at radius 2 is 1.65 bits per heavy atom. The predicted molar refractivity (Wildman–Crippen MR) is 134 cm³/mol. The number of piperazine rings is 2. The first-order valence-electron chi connectivity index (χ1n) is 12.1. The second-order valence-corrected chi connectivity index (χ2v) is 8.95. The summed E-state index contributed by atoms with van der Waals surface area (Å²) in [5.41, 5.74) is 1.11. The fourth-order valence-electron chi connectivity index (χ4n) is 4.39. The van der Waals surface area contributed by atoms with Crippen molar-refractivity contribution in [3.8, 4) is 0 Å². The Balaban J connectivity index is 1.30. The molecule has 0 radical (unpaired) electrons. The van der Waals surface area contributed by atoms with Crippen LogP contribution in [-0.2, 0) is 19.2 Å². The summed E-state index contributed by atoms with van der Waals surface area (Å²) in [6.45, 7) is 4.07. The molecule has 2 aromatic rings. The minimum Gasteiger partial charge on any atom is -0.459 e. The number of carbonyl (C=O) groups excluding carboxylic acids is 5. The maximum absolute atomic E-state index is 13.1.